The summed E-state index contributed by atoms with van der Waals surface area (Å²) in [4.78, 5) is 26.5. The van der Waals surface area contributed by atoms with E-state index in [1.165, 1.54) is 18.2 Å². The molecular weight excluding hydrogens is 428 g/mol. The van der Waals surface area contributed by atoms with Gasteiger partial charge in [0.1, 0.15) is 15.5 Å². The number of carbonyl (C=O) groups is 2. The first-order chi connectivity index (χ1) is 14.3. The molecule has 1 saturated heterocycles. The van der Waals surface area contributed by atoms with Crippen molar-refractivity contribution in [2.75, 3.05) is 17.9 Å². The fourth-order valence-electron chi connectivity index (χ4n) is 3.43. The number of likely N-dealkylation sites (tertiary alicyclic amines) is 1. The van der Waals surface area contributed by atoms with Crippen LogP contribution in [0.2, 0.25) is 0 Å². The van der Waals surface area contributed by atoms with E-state index in [0.717, 1.165) is 43.1 Å². The minimum Gasteiger partial charge on any atom is -0.507 e. The molecule has 1 unspecified atom stereocenters. The topological polar surface area (TPSA) is 113 Å². The zero-order chi connectivity index (χ0) is 21.7. The maximum absolute atomic E-state index is 12.4. The molecule has 2 N–H and O–H groups in total. The van der Waals surface area contributed by atoms with E-state index in [1.54, 1.807) is 16.3 Å². The van der Waals surface area contributed by atoms with Crippen LogP contribution in [0.3, 0.4) is 0 Å². The fraction of sp³-hybridized carbons (Fsp3) is 0.400. The van der Waals surface area contributed by atoms with Gasteiger partial charge >= 0.3 is 5.97 Å². The molecule has 1 amide bonds. The van der Waals surface area contributed by atoms with Crippen LogP contribution >= 0.6 is 11.3 Å². The Hall–Kier alpha value is -2.59. The smallest absolute Gasteiger partial charge is 0.342 e. The summed E-state index contributed by atoms with van der Waals surface area (Å²) in [5.74, 6) is -1.54. The van der Waals surface area contributed by atoms with Crippen molar-refractivity contribution in [1.82, 2.24) is 4.90 Å². The number of nitrogens with one attached hydrogen (secondary N) is 1. The molecule has 1 atom stereocenters. The first kappa shape index (κ1) is 22.1. The Morgan fingerprint density at radius 1 is 1.30 bits per heavy atom. The maximum atomic E-state index is 12.4. The van der Waals surface area contributed by atoms with E-state index in [4.69, 9.17) is 4.74 Å². The molecule has 2 aromatic rings. The molecule has 1 fully saturated rings. The molecule has 10 heteroatoms. The summed E-state index contributed by atoms with van der Waals surface area (Å²) in [6, 6.07) is 6.96. The number of ether oxygens (including phenoxy) is 1. The number of hydrogen-bond acceptors (Lipinski definition) is 7. The van der Waals surface area contributed by atoms with E-state index >= 15 is 0 Å². The molecule has 0 bridgehead atoms. The van der Waals surface area contributed by atoms with E-state index in [2.05, 4.69) is 4.72 Å². The van der Waals surface area contributed by atoms with E-state index in [0.29, 0.717) is 6.54 Å². The van der Waals surface area contributed by atoms with Gasteiger partial charge in [-0.25, -0.2) is 13.2 Å². The molecular formula is C20H24N2O6S2. The number of amides is 1. The van der Waals surface area contributed by atoms with Crippen LogP contribution in [0.4, 0.5) is 5.69 Å². The van der Waals surface area contributed by atoms with Crippen molar-refractivity contribution >= 4 is 38.9 Å². The fourth-order valence-corrected chi connectivity index (χ4v) is 5.47. The van der Waals surface area contributed by atoms with Gasteiger partial charge in [0.2, 0.25) is 0 Å². The highest BCUT2D eigenvalue weighted by Crippen LogP contribution is 2.26. The Balaban J connectivity index is 1.62. The second kappa shape index (κ2) is 9.48. The highest BCUT2D eigenvalue weighted by Gasteiger charge is 2.26. The standard InChI is InChI=1S/C20H24N2O6S2/c1-2-15-6-3-4-10-22(15)18(24)13-28-20(25)16-9-8-14(12-17(16)23)21-30(26,27)19-7-5-11-29-19/h5,7-9,11-12,15,21,23H,2-4,6,10,13H2,1H3. The number of aromatic hydroxyl groups is 1. The van der Waals surface area contributed by atoms with E-state index in [-0.39, 0.29) is 27.4 Å². The number of nitrogens with zero attached hydrogens (tertiary/aromatic N) is 1. The molecule has 2 heterocycles. The number of esters is 1. The van der Waals surface area contributed by atoms with Crippen molar-refractivity contribution < 1.29 is 27.9 Å². The number of carbonyl (C=O) groups excluding carboxylic acids is 2. The molecule has 1 aromatic carbocycles. The monoisotopic (exact) mass is 452 g/mol. The van der Waals surface area contributed by atoms with E-state index in [1.807, 2.05) is 6.92 Å². The summed E-state index contributed by atoms with van der Waals surface area (Å²) in [6.07, 6.45) is 3.81. The van der Waals surface area contributed by atoms with Gasteiger partial charge in [-0.3, -0.25) is 9.52 Å². The van der Waals surface area contributed by atoms with Gasteiger partial charge in [0.05, 0.1) is 5.69 Å². The zero-order valence-corrected chi connectivity index (χ0v) is 18.2. The van der Waals surface area contributed by atoms with Crippen molar-refractivity contribution in [3.05, 3.63) is 41.3 Å². The van der Waals surface area contributed by atoms with Gasteiger partial charge in [0.15, 0.2) is 6.61 Å². The maximum Gasteiger partial charge on any atom is 0.342 e. The zero-order valence-electron chi connectivity index (χ0n) is 16.5. The highest BCUT2D eigenvalue weighted by molar-refractivity contribution is 7.94. The average Bonchev–Trinajstić information content (AvgIpc) is 3.27. The number of sulfonamides is 1. The second-order valence-corrected chi connectivity index (χ2v) is 9.85. The molecule has 1 aliphatic rings. The lowest BCUT2D eigenvalue weighted by molar-refractivity contribution is -0.138. The lowest BCUT2D eigenvalue weighted by atomic mass is 10.00. The average molecular weight is 453 g/mol. The molecule has 1 aromatic heterocycles. The third-order valence-electron chi connectivity index (χ3n) is 4.98. The number of hydrogen-bond donors (Lipinski definition) is 2. The normalized spacial score (nSPS) is 16.8. The van der Waals surface area contributed by atoms with Crippen LogP contribution in [-0.2, 0) is 19.6 Å². The minimum absolute atomic E-state index is 0.104. The van der Waals surface area contributed by atoms with Crippen molar-refractivity contribution in [3.63, 3.8) is 0 Å². The highest BCUT2D eigenvalue weighted by atomic mass is 32.2. The number of phenols is 1. The van der Waals surface area contributed by atoms with Gasteiger partial charge in [-0.05, 0) is 49.3 Å². The summed E-state index contributed by atoms with van der Waals surface area (Å²) in [7, 11) is -3.77. The molecule has 1 aliphatic heterocycles. The van der Waals surface area contributed by atoms with Crippen molar-refractivity contribution in [2.45, 2.75) is 42.9 Å². The summed E-state index contributed by atoms with van der Waals surface area (Å²) >= 11 is 1.06. The molecule has 30 heavy (non-hydrogen) atoms. The summed E-state index contributed by atoms with van der Waals surface area (Å²) in [5, 5.41) is 11.8. The number of piperidine rings is 1. The van der Waals surface area contributed by atoms with E-state index < -0.39 is 28.3 Å². The van der Waals surface area contributed by atoms with Crippen LogP contribution in [0.5, 0.6) is 5.75 Å². The van der Waals surface area contributed by atoms with Gasteiger partial charge < -0.3 is 14.7 Å². The van der Waals surface area contributed by atoms with Crippen LogP contribution in [0.15, 0.2) is 39.9 Å². The predicted octanol–water partition coefficient (Wildman–Crippen LogP) is 3.20. The molecule has 3 rings (SSSR count). The lowest BCUT2D eigenvalue weighted by Crippen LogP contribution is -2.45. The first-order valence-corrected chi connectivity index (χ1v) is 12.0. The largest absolute Gasteiger partial charge is 0.507 e. The van der Waals surface area contributed by atoms with Gasteiger partial charge in [-0.2, -0.15) is 0 Å². The SMILES string of the molecule is CCC1CCCCN1C(=O)COC(=O)c1ccc(NS(=O)(=O)c2cccs2)cc1O. The van der Waals surface area contributed by atoms with Crippen LogP contribution in [0.1, 0.15) is 43.0 Å². The van der Waals surface area contributed by atoms with E-state index in [9.17, 15) is 23.1 Å². The Bertz CT molecular complexity index is 1000. The molecule has 8 nitrogen and oxygen atoms in total. The number of phenolic OH excluding ortho intramolecular Hbond substituents is 1. The Morgan fingerprint density at radius 2 is 2.10 bits per heavy atom. The molecule has 162 valence electrons. The summed E-state index contributed by atoms with van der Waals surface area (Å²) < 4.78 is 32.1. The molecule has 0 spiro atoms. The van der Waals surface area contributed by atoms with Crippen molar-refractivity contribution in [3.8, 4) is 5.75 Å². The van der Waals surface area contributed by atoms with Gasteiger partial charge in [0.25, 0.3) is 15.9 Å². The quantitative estimate of drug-likeness (QED) is 0.624. The summed E-state index contributed by atoms with van der Waals surface area (Å²) in [5.41, 5.74) is -0.0415. The van der Waals surface area contributed by atoms with Crippen molar-refractivity contribution in [1.29, 1.82) is 0 Å². The van der Waals surface area contributed by atoms with Crippen LogP contribution in [-0.4, -0.2) is 49.5 Å². The van der Waals surface area contributed by atoms with Gasteiger partial charge in [-0.15, -0.1) is 11.3 Å². The Morgan fingerprint density at radius 3 is 2.77 bits per heavy atom. The second-order valence-electron chi connectivity index (χ2n) is 6.99. The Labute approximate surface area is 179 Å². The van der Waals surface area contributed by atoms with Crippen molar-refractivity contribution in [2.24, 2.45) is 0 Å². The molecule has 0 aliphatic carbocycles. The van der Waals surface area contributed by atoms with Gasteiger partial charge in [-0.1, -0.05) is 13.0 Å². The van der Waals surface area contributed by atoms with Gasteiger partial charge in [0, 0.05) is 18.7 Å². The third-order valence-corrected chi connectivity index (χ3v) is 7.75. The third kappa shape index (κ3) is 5.11. The van der Waals surface area contributed by atoms with Crippen LogP contribution in [0, 0.1) is 0 Å². The Kier molecular flexibility index (Phi) is 6.99. The molecule has 0 saturated carbocycles. The summed E-state index contributed by atoms with van der Waals surface area (Å²) in [6.45, 7) is 2.27. The lowest BCUT2D eigenvalue weighted by Gasteiger charge is -2.35. The number of benzene rings is 1. The first-order valence-electron chi connectivity index (χ1n) is 9.67. The predicted molar refractivity (Wildman–Crippen MR) is 113 cm³/mol. The number of thiophene rings is 1. The minimum atomic E-state index is -3.77. The van der Waals surface area contributed by atoms with Crippen LogP contribution in [0.25, 0.3) is 0 Å². The van der Waals surface area contributed by atoms with Crippen LogP contribution < -0.4 is 4.72 Å². The number of rotatable bonds is 7. The molecule has 0 radical (unpaired) electrons. The number of anilines is 1.